The number of aliphatic carboxylic acids is 1. The van der Waals surface area contributed by atoms with Crippen molar-refractivity contribution in [3.05, 3.63) is 22.4 Å². The van der Waals surface area contributed by atoms with Crippen LogP contribution in [0.1, 0.15) is 24.1 Å². The molecule has 1 aromatic heterocycles. The minimum absolute atomic E-state index is 0.258. The Labute approximate surface area is 91.5 Å². The van der Waals surface area contributed by atoms with Gasteiger partial charge in [-0.2, -0.15) is 0 Å². The average molecular weight is 228 g/mol. The highest BCUT2D eigenvalue weighted by molar-refractivity contribution is 7.10. The molecule has 0 amide bonds. The van der Waals surface area contributed by atoms with Crippen LogP contribution in [0.15, 0.2) is 17.5 Å². The quantitative estimate of drug-likeness (QED) is 0.617. The number of carbonyl (C=O) groups is 2. The molecule has 1 aromatic rings. The molecule has 0 saturated carbocycles. The Bertz CT molecular complexity index is 331. The maximum Gasteiger partial charge on any atom is 0.325 e. The zero-order valence-corrected chi connectivity index (χ0v) is 9.12. The first kappa shape index (κ1) is 11.7. The van der Waals surface area contributed by atoms with Gasteiger partial charge in [-0.05, 0) is 17.9 Å². The van der Waals surface area contributed by atoms with Gasteiger partial charge in [0.1, 0.15) is 0 Å². The van der Waals surface area contributed by atoms with Crippen molar-refractivity contribution in [1.29, 1.82) is 0 Å². The molecule has 0 fully saturated rings. The summed E-state index contributed by atoms with van der Waals surface area (Å²) in [5.74, 6) is -3.04. The molecule has 0 unspecified atom stereocenters. The van der Waals surface area contributed by atoms with E-state index in [-0.39, 0.29) is 6.61 Å². The SMILES string of the molecule is CCCOC(=O)[C@@H](C(=O)O)c1cccs1. The van der Waals surface area contributed by atoms with Gasteiger partial charge in [0.25, 0.3) is 0 Å². The van der Waals surface area contributed by atoms with Crippen LogP contribution >= 0.6 is 11.3 Å². The third kappa shape index (κ3) is 3.06. The molecule has 0 aromatic carbocycles. The monoisotopic (exact) mass is 228 g/mol. The molecule has 0 aliphatic carbocycles. The minimum Gasteiger partial charge on any atom is -0.480 e. The van der Waals surface area contributed by atoms with Crippen LogP contribution in [0, 0.1) is 0 Å². The number of hydrogen-bond acceptors (Lipinski definition) is 4. The maximum atomic E-state index is 11.4. The van der Waals surface area contributed by atoms with E-state index < -0.39 is 17.9 Å². The smallest absolute Gasteiger partial charge is 0.325 e. The third-order valence-electron chi connectivity index (χ3n) is 1.76. The van der Waals surface area contributed by atoms with Gasteiger partial charge in [-0.15, -0.1) is 11.3 Å². The van der Waals surface area contributed by atoms with Crippen LogP contribution in [0.4, 0.5) is 0 Å². The Morgan fingerprint density at radius 3 is 2.80 bits per heavy atom. The summed E-state index contributed by atoms with van der Waals surface area (Å²) < 4.78 is 4.83. The molecule has 0 bridgehead atoms. The van der Waals surface area contributed by atoms with E-state index in [9.17, 15) is 9.59 Å². The number of hydrogen-bond donors (Lipinski definition) is 1. The Morgan fingerprint density at radius 1 is 1.60 bits per heavy atom. The van der Waals surface area contributed by atoms with E-state index in [4.69, 9.17) is 9.84 Å². The summed E-state index contributed by atoms with van der Waals surface area (Å²) in [4.78, 5) is 22.9. The van der Waals surface area contributed by atoms with Crippen molar-refractivity contribution in [2.24, 2.45) is 0 Å². The van der Waals surface area contributed by atoms with Gasteiger partial charge in [0.15, 0.2) is 5.92 Å². The van der Waals surface area contributed by atoms with E-state index in [1.807, 2.05) is 6.92 Å². The molecule has 82 valence electrons. The zero-order chi connectivity index (χ0) is 11.3. The number of carbonyl (C=O) groups excluding carboxylic acids is 1. The van der Waals surface area contributed by atoms with Crippen LogP contribution in [0.25, 0.3) is 0 Å². The lowest BCUT2D eigenvalue weighted by atomic mass is 10.1. The first-order valence-corrected chi connectivity index (χ1v) is 5.47. The summed E-state index contributed by atoms with van der Waals surface area (Å²) in [7, 11) is 0. The summed E-state index contributed by atoms with van der Waals surface area (Å²) in [6.07, 6.45) is 0.683. The maximum absolute atomic E-state index is 11.4. The molecule has 1 rings (SSSR count). The lowest BCUT2D eigenvalue weighted by molar-refractivity contribution is -0.154. The fourth-order valence-electron chi connectivity index (χ4n) is 1.08. The van der Waals surface area contributed by atoms with Crippen LogP contribution < -0.4 is 0 Å². The van der Waals surface area contributed by atoms with Gasteiger partial charge in [-0.25, -0.2) is 0 Å². The number of carboxylic acids is 1. The standard InChI is InChI=1S/C10H12O4S/c1-2-5-14-10(13)8(9(11)12)7-4-3-6-15-7/h3-4,6,8H,2,5H2,1H3,(H,11,12)/t8-/m1/s1. The Morgan fingerprint density at radius 2 is 2.33 bits per heavy atom. The van der Waals surface area contributed by atoms with Gasteiger partial charge in [-0.3, -0.25) is 9.59 Å². The van der Waals surface area contributed by atoms with Gasteiger partial charge in [-0.1, -0.05) is 13.0 Å². The highest BCUT2D eigenvalue weighted by atomic mass is 32.1. The lowest BCUT2D eigenvalue weighted by Crippen LogP contribution is -2.23. The van der Waals surface area contributed by atoms with Crippen LogP contribution in [0.5, 0.6) is 0 Å². The fraction of sp³-hybridized carbons (Fsp3) is 0.400. The number of thiophene rings is 1. The predicted molar refractivity (Wildman–Crippen MR) is 55.9 cm³/mol. The molecule has 0 aliphatic rings. The van der Waals surface area contributed by atoms with Crippen LogP contribution in [0.3, 0.4) is 0 Å². The van der Waals surface area contributed by atoms with E-state index in [1.54, 1.807) is 17.5 Å². The fourth-order valence-corrected chi connectivity index (χ4v) is 1.88. The highest BCUT2D eigenvalue weighted by Crippen LogP contribution is 2.22. The molecule has 1 N–H and O–H groups in total. The van der Waals surface area contributed by atoms with Gasteiger partial charge >= 0.3 is 11.9 Å². The largest absolute Gasteiger partial charge is 0.480 e. The number of esters is 1. The Hall–Kier alpha value is -1.36. The number of rotatable bonds is 5. The van der Waals surface area contributed by atoms with Gasteiger partial charge in [0.2, 0.25) is 0 Å². The summed E-state index contributed by atoms with van der Waals surface area (Å²) >= 11 is 1.24. The molecular formula is C10H12O4S. The van der Waals surface area contributed by atoms with Crippen LogP contribution in [-0.4, -0.2) is 23.7 Å². The van der Waals surface area contributed by atoms with Crippen LogP contribution in [-0.2, 0) is 14.3 Å². The molecule has 0 radical (unpaired) electrons. The average Bonchev–Trinajstić information content (AvgIpc) is 2.67. The molecule has 0 aliphatic heterocycles. The third-order valence-corrected chi connectivity index (χ3v) is 2.70. The van der Waals surface area contributed by atoms with E-state index in [0.29, 0.717) is 11.3 Å². The second-order valence-electron chi connectivity index (χ2n) is 2.95. The lowest BCUT2D eigenvalue weighted by Gasteiger charge is -2.09. The minimum atomic E-state index is -1.18. The second-order valence-corrected chi connectivity index (χ2v) is 3.93. The van der Waals surface area contributed by atoms with Gasteiger partial charge in [0, 0.05) is 4.88 Å². The first-order valence-electron chi connectivity index (χ1n) is 4.59. The first-order chi connectivity index (χ1) is 7.16. The number of ether oxygens (including phenoxy) is 1. The molecule has 4 nitrogen and oxygen atoms in total. The van der Waals surface area contributed by atoms with Gasteiger partial charge < -0.3 is 9.84 Å². The van der Waals surface area contributed by atoms with Crippen molar-refractivity contribution in [2.75, 3.05) is 6.61 Å². The van der Waals surface area contributed by atoms with E-state index in [1.165, 1.54) is 11.3 Å². The number of carboxylic acid groups (broad SMARTS) is 1. The summed E-state index contributed by atoms with van der Waals surface area (Å²) in [6, 6.07) is 3.33. The van der Waals surface area contributed by atoms with Crippen molar-refractivity contribution in [3.8, 4) is 0 Å². The van der Waals surface area contributed by atoms with Crippen molar-refractivity contribution >= 4 is 23.3 Å². The molecule has 5 heteroatoms. The van der Waals surface area contributed by atoms with E-state index in [2.05, 4.69) is 0 Å². The molecule has 15 heavy (non-hydrogen) atoms. The van der Waals surface area contributed by atoms with Crippen LogP contribution in [0.2, 0.25) is 0 Å². The summed E-state index contributed by atoms with van der Waals surface area (Å²) in [5, 5.41) is 10.7. The molecule has 0 spiro atoms. The molecular weight excluding hydrogens is 216 g/mol. The highest BCUT2D eigenvalue weighted by Gasteiger charge is 2.30. The molecule has 1 heterocycles. The van der Waals surface area contributed by atoms with Crippen molar-refractivity contribution in [1.82, 2.24) is 0 Å². The second kappa shape index (κ2) is 5.50. The van der Waals surface area contributed by atoms with Crippen molar-refractivity contribution in [3.63, 3.8) is 0 Å². The summed E-state index contributed by atoms with van der Waals surface area (Å²) in [5.41, 5.74) is 0. The molecule has 1 atom stereocenters. The Kier molecular flexibility index (Phi) is 4.30. The normalized spacial score (nSPS) is 12.1. The predicted octanol–water partition coefficient (Wildman–Crippen LogP) is 1.87. The topological polar surface area (TPSA) is 63.6 Å². The van der Waals surface area contributed by atoms with Crippen molar-refractivity contribution in [2.45, 2.75) is 19.3 Å². The van der Waals surface area contributed by atoms with E-state index in [0.717, 1.165) is 0 Å². The van der Waals surface area contributed by atoms with Gasteiger partial charge in [0.05, 0.1) is 6.61 Å². The molecule has 0 saturated heterocycles. The summed E-state index contributed by atoms with van der Waals surface area (Å²) in [6.45, 7) is 2.11. The zero-order valence-electron chi connectivity index (χ0n) is 8.30. The Balaban J connectivity index is 2.75. The van der Waals surface area contributed by atoms with E-state index >= 15 is 0 Å². The van der Waals surface area contributed by atoms with Crippen molar-refractivity contribution < 1.29 is 19.4 Å².